The fraction of sp³-hybridized carbons (Fsp3) is 1.00. The summed E-state index contributed by atoms with van der Waals surface area (Å²) in [6.07, 6.45) is 0.507. The third-order valence-electron chi connectivity index (χ3n) is 3.84. The molecule has 0 aromatic rings. The predicted octanol–water partition coefficient (Wildman–Crippen LogP) is 3.24. The highest BCUT2D eigenvalue weighted by atomic mass is 32.7. The van der Waals surface area contributed by atoms with E-state index in [0.29, 0.717) is 25.9 Å². The molecule has 0 aromatic carbocycles. The summed E-state index contributed by atoms with van der Waals surface area (Å²) in [4.78, 5) is 0. The van der Waals surface area contributed by atoms with Crippen LogP contribution in [0.1, 0.15) is 37.2 Å². The molecule has 8 atom stereocenters. The van der Waals surface area contributed by atoms with E-state index in [9.17, 15) is 4.57 Å². The Bertz CT molecular complexity index is 473. The van der Waals surface area contributed by atoms with E-state index in [4.69, 9.17) is 22.6 Å². The minimum atomic E-state index is -3.37. The van der Waals surface area contributed by atoms with Gasteiger partial charge >= 0.3 is 6.80 Å². The zero-order valence-electron chi connectivity index (χ0n) is 14.5. The molecular weight excluding hydrogens is 299 g/mol. The number of hydrogen-bond donors (Lipinski definition) is 0. The highest BCUT2D eigenvalue weighted by Gasteiger charge is 2.44. The van der Waals surface area contributed by atoms with E-state index in [1.807, 2.05) is 6.92 Å². The van der Waals surface area contributed by atoms with Crippen LogP contribution in [0.15, 0.2) is 0 Å². The summed E-state index contributed by atoms with van der Waals surface area (Å²) in [6, 6.07) is 0. The average Bonchev–Trinajstić information content (AvgIpc) is 3.00. The monoisotopic (exact) mass is 327 g/mol. The van der Waals surface area contributed by atoms with Crippen molar-refractivity contribution in [2.45, 2.75) is 56.6 Å². The summed E-state index contributed by atoms with van der Waals surface area (Å²) in [5.74, 6) is 0.245. The van der Waals surface area contributed by atoms with Gasteiger partial charge in [0.2, 0.25) is 0 Å². The van der Waals surface area contributed by atoms with E-state index < -0.39 is 32.2 Å². The summed E-state index contributed by atoms with van der Waals surface area (Å²) >= 11 is 1.16. The van der Waals surface area contributed by atoms with E-state index in [1.54, 1.807) is 0 Å². The van der Waals surface area contributed by atoms with Crippen molar-refractivity contribution in [2.75, 3.05) is 19.8 Å². The van der Waals surface area contributed by atoms with E-state index in [2.05, 4.69) is 0 Å². The molecule has 0 amide bonds. The largest absolute Gasteiger partial charge is 0.389 e. The summed E-state index contributed by atoms with van der Waals surface area (Å²) in [6.45, 7) is -2.28. The first-order chi connectivity index (χ1) is 10.9. The Morgan fingerprint density at radius 1 is 1.40 bits per heavy atom. The van der Waals surface area contributed by atoms with Crippen molar-refractivity contribution < 1.29 is 27.2 Å². The van der Waals surface area contributed by atoms with Crippen LogP contribution in [0.5, 0.6) is 0 Å². The quantitative estimate of drug-likeness (QED) is 0.742. The summed E-state index contributed by atoms with van der Waals surface area (Å²) in [5.41, 5.74) is 0. The first kappa shape index (κ1) is 11.9. The Hall–Kier alpha value is 0.420. The number of ether oxygens (including phenoxy) is 2. The minimum Gasteiger partial charge on any atom is -0.377 e. The molecule has 0 N–H and O–H groups in total. The predicted molar refractivity (Wildman–Crippen MR) is 78.0 cm³/mol. The maximum Gasteiger partial charge on any atom is 0.389 e. The first-order valence-corrected chi connectivity index (χ1v) is 9.99. The SMILES string of the molecule is [2H]C[C@H]1O[C@H]([3H])C[C@@H]1O[P@]1(=O)OCC[C@H]([C@H]2O[C@H]([3H])C[C@@H]2C)S1. The zero-order valence-corrected chi connectivity index (χ0v) is 13.2. The van der Waals surface area contributed by atoms with Gasteiger partial charge in [0.25, 0.3) is 0 Å². The molecule has 0 unspecified atom stereocenters. The molecule has 3 rings (SSSR count). The van der Waals surface area contributed by atoms with E-state index in [0.717, 1.165) is 11.4 Å². The third kappa shape index (κ3) is 3.26. The van der Waals surface area contributed by atoms with Crippen molar-refractivity contribution >= 4 is 18.2 Å². The van der Waals surface area contributed by atoms with Gasteiger partial charge < -0.3 is 14.0 Å². The van der Waals surface area contributed by atoms with Crippen molar-refractivity contribution in [3.63, 3.8) is 0 Å². The van der Waals surface area contributed by atoms with Crippen LogP contribution in [0.25, 0.3) is 0 Å². The molecule has 5 nitrogen and oxygen atoms in total. The summed E-state index contributed by atoms with van der Waals surface area (Å²) in [7, 11) is 0. The molecule has 3 aliphatic heterocycles. The standard InChI is InChI=1S/C13H23O5PS/c1-9-3-6-16-13(9)12-5-8-17-19(14,20-12)18-11-4-7-15-10(11)2/h9-13H,3-8H2,1-2H3/t9-,10+,11-,12+,13-,19-/m0/s1/i2D,6T,7T/t6-,7-,9+,10-,11+,12-,13+,19+/m1. The van der Waals surface area contributed by atoms with Crippen LogP contribution in [0.2, 0.25) is 0 Å². The van der Waals surface area contributed by atoms with Crippen molar-refractivity contribution in [1.29, 1.82) is 0 Å². The fourth-order valence-corrected chi connectivity index (χ4v) is 7.24. The molecule has 3 heterocycles. The van der Waals surface area contributed by atoms with Gasteiger partial charge in [0.05, 0.1) is 27.7 Å². The average molecular weight is 327 g/mol. The van der Waals surface area contributed by atoms with Gasteiger partial charge in [0.1, 0.15) is 0 Å². The van der Waals surface area contributed by atoms with Crippen LogP contribution in [0.4, 0.5) is 0 Å². The third-order valence-corrected chi connectivity index (χ3v) is 8.07. The molecule has 7 heteroatoms. The molecule has 0 aromatic heterocycles. The minimum absolute atomic E-state index is 0.0245. The number of hydrogen-bond acceptors (Lipinski definition) is 6. The second-order valence-electron chi connectivity index (χ2n) is 5.41. The second-order valence-corrected chi connectivity index (χ2v) is 9.57. The van der Waals surface area contributed by atoms with Gasteiger partial charge in [0, 0.05) is 26.2 Å². The van der Waals surface area contributed by atoms with E-state index in [1.165, 1.54) is 0 Å². The van der Waals surface area contributed by atoms with Crippen LogP contribution in [-0.4, -0.2) is 43.3 Å². The van der Waals surface area contributed by atoms with Crippen molar-refractivity contribution in [2.24, 2.45) is 5.92 Å². The fourth-order valence-electron chi connectivity index (χ4n) is 2.64. The smallest absolute Gasteiger partial charge is 0.377 e. The highest BCUT2D eigenvalue weighted by molar-refractivity contribution is 8.55. The van der Waals surface area contributed by atoms with Gasteiger partial charge in [-0.15, -0.1) is 0 Å². The molecule has 20 heavy (non-hydrogen) atoms. The zero-order chi connectivity index (χ0) is 16.6. The topological polar surface area (TPSA) is 54.0 Å². The number of rotatable bonds is 3. The molecule has 0 aliphatic carbocycles. The van der Waals surface area contributed by atoms with Gasteiger partial charge in [-0.05, 0) is 37.0 Å². The van der Waals surface area contributed by atoms with Gasteiger partial charge in [-0.1, -0.05) is 6.92 Å². The molecular formula is C13H23O5PS. The maximum atomic E-state index is 13.0. The van der Waals surface area contributed by atoms with Crippen LogP contribution < -0.4 is 0 Å². The van der Waals surface area contributed by atoms with Crippen LogP contribution in [0.3, 0.4) is 0 Å². The van der Waals surface area contributed by atoms with Gasteiger partial charge in [0.15, 0.2) is 0 Å². The highest BCUT2D eigenvalue weighted by Crippen LogP contribution is 2.67. The lowest BCUT2D eigenvalue weighted by Gasteiger charge is -2.34. The lowest BCUT2D eigenvalue weighted by atomic mass is 10.00. The molecule has 3 fully saturated rings. The van der Waals surface area contributed by atoms with Crippen LogP contribution in [-0.2, 0) is 23.1 Å². The molecule has 0 saturated carbocycles. The van der Waals surface area contributed by atoms with Gasteiger partial charge in [-0.25, -0.2) is 4.57 Å². The maximum absolute atomic E-state index is 13.0. The Labute approximate surface area is 128 Å². The molecule has 0 radical (unpaired) electrons. The van der Waals surface area contributed by atoms with E-state index in [-0.39, 0.29) is 24.2 Å². The lowest BCUT2D eigenvalue weighted by Crippen LogP contribution is -2.31. The molecule has 3 aliphatic rings. The summed E-state index contributed by atoms with van der Waals surface area (Å²) < 4.78 is 57.9. The van der Waals surface area contributed by atoms with Gasteiger partial charge in [-0.3, -0.25) is 4.52 Å². The van der Waals surface area contributed by atoms with Crippen molar-refractivity contribution in [3.8, 4) is 0 Å². The molecule has 3 saturated heterocycles. The first-order valence-electron chi connectivity index (χ1n) is 8.82. The van der Waals surface area contributed by atoms with Crippen molar-refractivity contribution in [3.05, 3.63) is 0 Å². The Morgan fingerprint density at radius 3 is 3.00 bits per heavy atom. The Morgan fingerprint density at radius 2 is 2.25 bits per heavy atom. The van der Waals surface area contributed by atoms with Crippen molar-refractivity contribution in [1.82, 2.24) is 0 Å². The lowest BCUT2D eigenvalue weighted by molar-refractivity contribution is 0.0560. The molecule has 0 bridgehead atoms. The summed E-state index contributed by atoms with van der Waals surface area (Å²) in [5, 5.41) is -0.0245. The second kappa shape index (κ2) is 6.27. The van der Waals surface area contributed by atoms with Gasteiger partial charge in [-0.2, -0.15) is 0 Å². The normalized spacial score (nSPS) is 59.0. The Balaban J connectivity index is 1.64. The van der Waals surface area contributed by atoms with Crippen LogP contribution in [0, 0.1) is 5.92 Å². The molecule has 0 spiro atoms. The Kier molecular flexibility index (Phi) is 3.74. The van der Waals surface area contributed by atoms with E-state index >= 15 is 0 Å². The van der Waals surface area contributed by atoms with Crippen LogP contribution >= 0.6 is 18.2 Å². The molecule has 116 valence electrons.